The van der Waals surface area contributed by atoms with Crippen molar-refractivity contribution in [3.05, 3.63) is 58.4 Å². The second kappa shape index (κ2) is 7.33. The molecule has 3 aromatic rings. The van der Waals surface area contributed by atoms with E-state index < -0.39 is 0 Å². The van der Waals surface area contributed by atoms with E-state index in [1.807, 2.05) is 31.2 Å². The smallest absolute Gasteiger partial charge is 0.226 e. The van der Waals surface area contributed by atoms with E-state index in [1.54, 1.807) is 16.8 Å². The van der Waals surface area contributed by atoms with Crippen LogP contribution in [0.5, 0.6) is 5.75 Å². The molecule has 0 aliphatic carbocycles. The fraction of sp³-hybridized carbons (Fsp3) is 0.200. The Morgan fingerprint density at radius 1 is 1.36 bits per heavy atom. The van der Waals surface area contributed by atoms with Crippen LogP contribution in [0.2, 0.25) is 5.15 Å². The van der Waals surface area contributed by atoms with Crippen LogP contribution in [-0.2, 0) is 4.79 Å². The number of hydrogen-bond donors (Lipinski definition) is 1. The highest BCUT2D eigenvalue weighted by Crippen LogP contribution is 2.40. The fourth-order valence-electron chi connectivity index (χ4n) is 3.37. The van der Waals surface area contributed by atoms with Gasteiger partial charge in [-0.05, 0) is 36.8 Å². The first kappa shape index (κ1) is 18.0. The van der Waals surface area contributed by atoms with E-state index in [0.717, 1.165) is 16.8 Å². The number of hydrogen-bond acceptors (Lipinski definition) is 5. The number of fused-ring (bicyclic) bond motifs is 1. The number of carbonyl (C=O) groups excluding carboxylic acids is 1. The van der Waals surface area contributed by atoms with Crippen molar-refractivity contribution in [3.8, 4) is 23.9 Å². The Morgan fingerprint density at radius 2 is 2.21 bits per heavy atom. The number of benzene rings is 1. The summed E-state index contributed by atoms with van der Waals surface area (Å²) in [5.74, 6) is 3.91. The van der Waals surface area contributed by atoms with E-state index in [9.17, 15) is 4.79 Å². The third-order valence-corrected chi connectivity index (χ3v) is 4.72. The van der Waals surface area contributed by atoms with Crippen LogP contribution in [0.1, 0.15) is 29.2 Å². The van der Waals surface area contributed by atoms with Crippen LogP contribution in [0.4, 0.5) is 5.82 Å². The normalized spacial score (nSPS) is 15.5. The summed E-state index contributed by atoms with van der Waals surface area (Å²) in [4.78, 5) is 12.4. The van der Waals surface area contributed by atoms with E-state index >= 15 is 0 Å². The van der Waals surface area contributed by atoms with E-state index in [-0.39, 0.29) is 23.6 Å². The zero-order valence-electron chi connectivity index (χ0n) is 15.0. The Kier molecular flexibility index (Phi) is 4.72. The first-order valence-corrected chi connectivity index (χ1v) is 9.00. The molecule has 4 rings (SSSR count). The van der Waals surface area contributed by atoms with Crippen LogP contribution >= 0.6 is 11.6 Å². The molecule has 1 N–H and O–H groups in total. The van der Waals surface area contributed by atoms with Crippen LogP contribution in [-0.4, -0.2) is 32.5 Å². The molecule has 2 aromatic heterocycles. The molecular weight excluding hydrogens is 378 g/mol. The van der Waals surface area contributed by atoms with Crippen molar-refractivity contribution in [1.29, 1.82) is 0 Å². The highest BCUT2D eigenvalue weighted by Gasteiger charge is 2.33. The molecule has 0 bridgehead atoms. The molecule has 1 atom stereocenters. The van der Waals surface area contributed by atoms with Gasteiger partial charge in [0.05, 0.1) is 5.69 Å². The Bertz CT molecular complexity index is 1080. The lowest BCUT2D eigenvalue weighted by Crippen LogP contribution is -2.25. The summed E-state index contributed by atoms with van der Waals surface area (Å²) < 4.78 is 7.11. The van der Waals surface area contributed by atoms with Crippen molar-refractivity contribution in [2.45, 2.75) is 19.3 Å². The average molecular weight is 394 g/mol. The number of carbonyl (C=O) groups is 1. The van der Waals surface area contributed by atoms with Crippen LogP contribution < -0.4 is 10.1 Å². The predicted molar refractivity (Wildman–Crippen MR) is 105 cm³/mol. The number of amides is 1. The number of aryl methyl sites for hydroxylation is 1. The number of rotatable bonds is 4. The second-order valence-corrected chi connectivity index (χ2v) is 6.73. The van der Waals surface area contributed by atoms with Crippen molar-refractivity contribution in [1.82, 2.24) is 20.0 Å². The first-order valence-electron chi connectivity index (χ1n) is 8.62. The summed E-state index contributed by atoms with van der Waals surface area (Å²) in [6.45, 7) is 2.09. The van der Waals surface area contributed by atoms with Gasteiger partial charge in [0.15, 0.2) is 11.0 Å². The molecule has 28 heavy (non-hydrogen) atoms. The van der Waals surface area contributed by atoms with Gasteiger partial charge in [-0.25, -0.2) is 0 Å². The zero-order valence-corrected chi connectivity index (χ0v) is 15.8. The van der Waals surface area contributed by atoms with Crippen molar-refractivity contribution in [2.24, 2.45) is 0 Å². The van der Waals surface area contributed by atoms with Crippen molar-refractivity contribution >= 4 is 23.3 Å². The number of terminal acetylenes is 1. The van der Waals surface area contributed by atoms with Crippen LogP contribution in [0.25, 0.3) is 5.82 Å². The minimum atomic E-state index is -0.160. The molecule has 3 heterocycles. The maximum absolute atomic E-state index is 12.4. The summed E-state index contributed by atoms with van der Waals surface area (Å²) in [5, 5.41) is 15.7. The van der Waals surface area contributed by atoms with Gasteiger partial charge >= 0.3 is 0 Å². The summed E-state index contributed by atoms with van der Waals surface area (Å²) in [7, 11) is 0. The van der Waals surface area contributed by atoms with Gasteiger partial charge in [-0.3, -0.25) is 4.79 Å². The van der Waals surface area contributed by atoms with Gasteiger partial charge in [0.1, 0.15) is 18.2 Å². The summed E-state index contributed by atoms with van der Waals surface area (Å²) >= 11 is 5.83. The first-order chi connectivity index (χ1) is 13.6. The van der Waals surface area contributed by atoms with Crippen LogP contribution in [0.3, 0.4) is 0 Å². The molecule has 0 saturated carbocycles. The monoisotopic (exact) mass is 393 g/mol. The lowest BCUT2D eigenvalue weighted by molar-refractivity contribution is -0.116. The topological polar surface area (TPSA) is 81.9 Å². The highest BCUT2D eigenvalue weighted by atomic mass is 35.5. The van der Waals surface area contributed by atoms with Gasteiger partial charge < -0.3 is 10.1 Å². The van der Waals surface area contributed by atoms with Gasteiger partial charge in [0.2, 0.25) is 5.91 Å². The van der Waals surface area contributed by atoms with Gasteiger partial charge in [-0.1, -0.05) is 29.7 Å². The minimum absolute atomic E-state index is 0.101. The summed E-state index contributed by atoms with van der Waals surface area (Å²) in [6.07, 6.45) is 5.58. The quantitative estimate of drug-likeness (QED) is 0.689. The molecule has 1 amide bonds. The summed E-state index contributed by atoms with van der Waals surface area (Å²) in [5.41, 5.74) is 2.69. The standard InChI is InChI=1S/C20H16ClN5O2/c1-3-9-28-14-6-4-5-13(10-14)15-11-18(27)22-20-19(15)12(2)25-26(20)17-8-7-16(21)23-24-17/h1,4-8,10,15H,9,11H2,2H3,(H,22,27)/t15-/m1/s1. The Labute approximate surface area is 166 Å². The SMILES string of the molecule is C#CCOc1cccc([C@H]2CC(=O)Nc3c2c(C)nn3-c2ccc(Cl)nn2)c1. The Morgan fingerprint density at radius 3 is 2.96 bits per heavy atom. The molecule has 1 aromatic carbocycles. The molecule has 0 spiro atoms. The molecule has 0 saturated heterocycles. The average Bonchev–Trinajstić information content (AvgIpc) is 3.03. The molecule has 1 aliphatic heterocycles. The van der Waals surface area contributed by atoms with Gasteiger partial charge in [-0.2, -0.15) is 9.78 Å². The maximum Gasteiger partial charge on any atom is 0.226 e. The van der Waals surface area contributed by atoms with E-state index in [2.05, 4.69) is 26.5 Å². The zero-order chi connectivity index (χ0) is 19.7. The largest absolute Gasteiger partial charge is 0.481 e. The van der Waals surface area contributed by atoms with Crippen molar-refractivity contribution in [3.63, 3.8) is 0 Å². The maximum atomic E-state index is 12.4. The summed E-state index contributed by atoms with van der Waals surface area (Å²) in [6, 6.07) is 10.9. The van der Waals surface area contributed by atoms with Gasteiger partial charge in [0.25, 0.3) is 0 Å². The lowest BCUT2D eigenvalue weighted by atomic mass is 9.86. The molecule has 7 nitrogen and oxygen atoms in total. The minimum Gasteiger partial charge on any atom is -0.481 e. The molecule has 1 aliphatic rings. The van der Waals surface area contributed by atoms with Crippen molar-refractivity contribution in [2.75, 3.05) is 11.9 Å². The molecule has 8 heteroatoms. The number of aromatic nitrogens is 4. The van der Waals surface area contributed by atoms with Gasteiger partial charge in [-0.15, -0.1) is 16.6 Å². The van der Waals surface area contributed by atoms with Crippen LogP contribution in [0.15, 0.2) is 36.4 Å². The lowest BCUT2D eigenvalue weighted by Gasteiger charge is -2.24. The highest BCUT2D eigenvalue weighted by molar-refractivity contribution is 6.29. The van der Waals surface area contributed by atoms with E-state index in [4.69, 9.17) is 22.8 Å². The number of halogens is 1. The second-order valence-electron chi connectivity index (χ2n) is 6.34. The molecule has 140 valence electrons. The van der Waals surface area contributed by atoms with Crippen molar-refractivity contribution < 1.29 is 9.53 Å². The number of anilines is 1. The molecule has 0 fully saturated rings. The van der Waals surface area contributed by atoms with E-state index in [0.29, 0.717) is 23.8 Å². The number of ether oxygens (including phenoxy) is 1. The molecule has 0 radical (unpaired) electrons. The van der Waals surface area contributed by atoms with E-state index in [1.165, 1.54) is 0 Å². The third-order valence-electron chi connectivity index (χ3n) is 4.52. The Balaban J connectivity index is 1.79. The van der Waals surface area contributed by atoms with Crippen LogP contribution in [0, 0.1) is 19.3 Å². The fourth-order valence-corrected chi connectivity index (χ4v) is 3.47. The molecule has 0 unspecified atom stereocenters. The number of nitrogens with one attached hydrogen (secondary N) is 1. The third kappa shape index (κ3) is 3.30. The predicted octanol–water partition coefficient (Wildman–Crippen LogP) is 3.11. The van der Waals surface area contributed by atoms with Gasteiger partial charge in [0, 0.05) is 17.9 Å². The molecular formula is C20H16ClN5O2. The Hall–Kier alpha value is -3.37. The number of nitrogens with zero attached hydrogens (tertiary/aromatic N) is 4.